The Kier molecular flexibility index (Phi) is 3.96. The minimum absolute atomic E-state index is 0.112. The van der Waals surface area contributed by atoms with Crippen LogP contribution in [0.25, 0.3) is 0 Å². The Balaban J connectivity index is 2.33. The second-order valence-corrected chi connectivity index (χ2v) is 5.34. The monoisotopic (exact) mass is 299 g/mol. The van der Waals surface area contributed by atoms with Gasteiger partial charge in [0.1, 0.15) is 0 Å². The first-order chi connectivity index (χ1) is 9.36. The van der Waals surface area contributed by atoms with Crippen LogP contribution in [0.5, 0.6) is 0 Å². The number of aliphatic carboxylic acids is 1. The summed E-state index contributed by atoms with van der Waals surface area (Å²) in [7, 11) is 0. The van der Waals surface area contributed by atoms with Gasteiger partial charge in [0.2, 0.25) is 0 Å². The van der Waals surface area contributed by atoms with E-state index in [2.05, 4.69) is 0 Å². The highest BCUT2D eigenvalue weighted by atomic mass is 35.5. The Hall–Kier alpha value is -1.66. The highest BCUT2D eigenvalue weighted by Crippen LogP contribution is 2.40. The summed E-state index contributed by atoms with van der Waals surface area (Å²) in [5.74, 6) is -0.933. The minimum atomic E-state index is -1.03. The van der Waals surface area contributed by atoms with Crippen LogP contribution in [0.4, 0.5) is 5.69 Å². The molecule has 0 aliphatic carbocycles. The molecule has 2 rings (SSSR count). The third kappa shape index (κ3) is 2.48. The number of hydrogen-bond donors (Lipinski definition) is 1. The number of rotatable bonds is 4. The Bertz CT molecular complexity index is 562. The lowest BCUT2D eigenvalue weighted by Gasteiger charge is -2.27. The molecule has 0 saturated carbocycles. The van der Waals surface area contributed by atoms with Gasteiger partial charge in [-0.25, -0.2) is 0 Å². The summed E-state index contributed by atoms with van der Waals surface area (Å²) in [5.41, 5.74) is -0.560. The number of benzene rings is 1. The number of carboxylic acid groups (broad SMARTS) is 1. The van der Waals surface area contributed by atoms with Crippen LogP contribution in [0.3, 0.4) is 0 Å². The average Bonchev–Trinajstić information content (AvgIpc) is 2.74. The number of ether oxygens (including phenoxy) is 1. The molecule has 7 heteroatoms. The molecule has 1 N–H and O–H groups in total. The molecule has 1 aromatic carbocycles. The fourth-order valence-electron chi connectivity index (χ4n) is 2.50. The van der Waals surface area contributed by atoms with Crippen molar-refractivity contribution in [2.24, 2.45) is 5.41 Å². The van der Waals surface area contributed by atoms with Crippen molar-refractivity contribution in [2.45, 2.75) is 25.9 Å². The minimum Gasteiger partial charge on any atom is -0.481 e. The van der Waals surface area contributed by atoms with Gasteiger partial charge in [-0.15, -0.1) is 0 Å². The first kappa shape index (κ1) is 14.7. The number of carboxylic acids is 1. The predicted molar refractivity (Wildman–Crippen MR) is 71.9 cm³/mol. The fraction of sp³-hybridized carbons (Fsp3) is 0.462. The molecule has 1 aromatic rings. The van der Waals surface area contributed by atoms with Crippen LogP contribution >= 0.6 is 11.6 Å². The van der Waals surface area contributed by atoms with Gasteiger partial charge in [0.25, 0.3) is 5.69 Å². The molecule has 2 unspecified atom stereocenters. The summed E-state index contributed by atoms with van der Waals surface area (Å²) < 4.78 is 5.37. The van der Waals surface area contributed by atoms with Crippen molar-refractivity contribution in [3.63, 3.8) is 0 Å². The van der Waals surface area contributed by atoms with E-state index in [1.807, 2.05) is 0 Å². The third-order valence-electron chi connectivity index (χ3n) is 3.87. The summed E-state index contributed by atoms with van der Waals surface area (Å²) in [5, 5.41) is 20.4. The van der Waals surface area contributed by atoms with Gasteiger partial charge in [-0.1, -0.05) is 17.7 Å². The predicted octanol–water partition coefficient (Wildman–Crippen LogP) is 2.67. The molecule has 0 bridgehead atoms. The van der Waals surface area contributed by atoms with Crippen molar-refractivity contribution in [2.75, 3.05) is 6.61 Å². The number of halogens is 1. The van der Waals surface area contributed by atoms with Crippen molar-refractivity contribution < 1.29 is 19.6 Å². The molecule has 0 radical (unpaired) electrons. The zero-order valence-electron chi connectivity index (χ0n) is 10.8. The van der Waals surface area contributed by atoms with Gasteiger partial charge in [0.15, 0.2) is 0 Å². The highest BCUT2D eigenvalue weighted by molar-refractivity contribution is 6.31. The zero-order valence-corrected chi connectivity index (χ0v) is 11.6. The number of nitro groups is 1. The maximum Gasteiger partial charge on any atom is 0.312 e. The van der Waals surface area contributed by atoms with E-state index in [1.54, 1.807) is 6.92 Å². The maximum absolute atomic E-state index is 11.6. The lowest BCUT2D eigenvalue weighted by Crippen LogP contribution is -2.39. The number of nitro benzene ring substituents is 1. The summed E-state index contributed by atoms with van der Waals surface area (Å²) in [6.45, 7) is 2.11. The molecule has 0 aromatic heterocycles. The number of hydrogen-bond acceptors (Lipinski definition) is 4. The molecular formula is C13H14ClNO5. The topological polar surface area (TPSA) is 89.7 Å². The van der Waals surface area contributed by atoms with Crippen molar-refractivity contribution in [1.29, 1.82) is 0 Å². The molecule has 2 atom stereocenters. The lowest BCUT2D eigenvalue weighted by molar-refractivity contribution is -0.384. The van der Waals surface area contributed by atoms with Crippen molar-refractivity contribution in [1.82, 2.24) is 0 Å². The van der Waals surface area contributed by atoms with Gasteiger partial charge in [-0.3, -0.25) is 14.9 Å². The van der Waals surface area contributed by atoms with Crippen LogP contribution in [-0.4, -0.2) is 28.7 Å². The van der Waals surface area contributed by atoms with Gasteiger partial charge in [-0.05, 0) is 25.3 Å². The van der Waals surface area contributed by atoms with Crippen LogP contribution in [0.1, 0.15) is 18.9 Å². The SMILES string of the molecule is CC1OCCC1(Cc1ccc([N+](=O)[O-])cc1Cl)C(=O)O. The summed E-state index contributed by atoms with van der Waals surface area (Å²) in [6.07, 6.45) is 0.170. The van der Waals surface area contributed by atoms with Crippen LogP contribution < -0.4 is 0 Å². The lowest BCUT2D eigenvalue weighted by atomic mass is 9.76. The molecular weight excluding hydrogens is 286 g/mol. The molecule has 1 fully saturated rings. The maximum atomic E-state index is 11.6. The Morgan fingerprint density at radius 3 is 2.80 bits per heavy atom. The van der Waals surface area contributed by atoms with E-state index in [9.17, 15) is 20.0 Å². The average molecular weight is 300 g/mol. The summed E-state index contributed by atoms with van der Waals surface area (Å²) in [4.78, 5) is 21.7. The van der Waals surface area contributed by atoms with Crippen LogP contribution in [-0.2, 0) is 16.0 Å². The molecule has 20 heavy (non-hydrogen) atoms. The smallest absolute Gasteiger partial charge is 0.312 e. The Labute approximate surface area is 120 Å². The first-order valence-electron chi connectivity index (χ1n) is 6.14. The highest BCUT2D eigenvalue weighted by Gasteiger charge is 2.48. The Morgan fingerprint density at radius 1 is 1.65 bits per heavy atom. The largest absolute Gasteiger partial charge is 0.481 e. The van der Waals surface area contributed by atoms with Gasteiger partial charge in [0.05, 0.1) is 21.5 Å². The summed E-state index contributed by atoms with van der Waals surface area (Å²) in [6, 6.07) is 4.08. The van der Waals surface area contributed by atoms with E-state index in [1.165, 1.54) is 18.2 Å². The zero-order chi connectivity index (χ0) is 14.9. The van der Waals surface area contributed by atoms with E-state index in [-0.39, 0.29) is 17.1 Å². The summed E-state index contributed by atoms with van der Waals surface area (Å²) >= 11 is 6.03. The molecule has 1 heterocycles. The molecule has 1 aliphatic heterocycles. The van der Waals surface area contributed by atoms with E-state index >= 15 is 0 Å². The van der Waals surface area contributed by atoms with Gasteiger partial charge in [-0.2, -0.15) is 0 Å². The van der Waals surface area contributed by atoms with Crippen LogP contribution in [0.2, 0.25) is 5.02 Å². The second-order valence-electron chi connectivity index (χ2n) is 4.93. The van der Waals surface area contributed by atoms with Gasteiger partial charge < -0.3 is 9.84 Å². The fourth-order valence-corrected chi connectivity index (χ4v) is 2.74. The quantitative estimate of drug-likeness (QED) is 0.682. The molecule has 6 nitrogen and oxygen atoms in total. The number of nitrogens with zero attached hydrogens (tertiary/aromatic N) is 1. The molecule has 0 amide bonds. The van der Waals surface area contributed by atoms with E-state index in [0.29, 0.717) is 18.6 Å². The molecule has 0 spiro atoms. The normalized spacial score (nSPS) is 25.6. The van der Waals surface area contributed by atoms with E-state index in [4.69, 9.17) is 16.3 Å². The van der Waals surface area contributed by atoms with Crippen LogP contribution in [0.15, 0.2) is 18.2 Å². The molecule has 108 valence electrons. The third-order valence-corrected chi connectivity index (χ3v) is 4.23. The van der Waals surface area contributed by atoms with Gasteiger partial charge >= 0.3 is 5.97 Å². The van der Waals surface area contributed by atoms with E-state index in [0.717, 1.165) is 0 Å². The number of non-ortho nitro benzene ring substituents is 1. The molecule has 1 aliphatic rings. The Morgan fingerprint density at radius 2 is 2.35 bits per heavy atom. The van der Waals surface area contributed by atoms with E-state index < -0.39 is 22.4 Å². The standard InChI is InChI=1S/C13H14ClNO5/c1-8-13(12(16)17,4-5-20-8)7-9-2-3-10(15(18)19)6-11(9)14/h2-3,6,8H,4-5,7H2,1H3,(H,16,17). The van der Waals surface area contributed by atoms with Crippen molar-refractivity contribution in [3.05, 3.63) is 38.9 Å². The van der Waals surface area contributed by atoms with Gasteiger partial charge in [0, 0.05) is 18.7 Å². The number of carbonyl (C=O) groups is 1. The van der Waals surface area contributed by atoms with Crippen molar-refractivity contribution >= 4 is 23.3 Å². The molecule has 1 saturated heterocycles. The first-order valence-corrected chi connectivity index (χ1v) is 6.52. The van der Waals surface area contributed by atoms with Crippen molar-refractivity contribution in [3.8, 4) is 0 Å². The second kappa shape index (κ2) is 5.38. The van der Waals surface area contributed by atoms with Crippen LogP contribution in [0, 0.1) is 15.5 Å².